The Morgan fingerprint density at radius 3 is 2.58 bits per heavy atom. The standard InChI is InChI=1S/C10H18O2/c1-4-6-10(11)12-8-5-7-9(2)3/h2,4-8H2,1,3H3. The number of rotatable bonds is 6. The second-order valence-electron chi connectivity index (χ2n) is 3.03. The average molecular weight is 170 g/mol. The molecular formula is C10H18O2. The van der Waals surface area contributed by atoms with Gasteiger partial charge in [-0.25, -0.2) is 0 Å². The molecule has 0 unspecified atom stereocenters. The third-order valence-corrected chi connectivity index (χ3v) is 1.47. The van der Waals surface area contributed by atoms with Gasteiger partial charge >= 0.3 is 5.97 Å². The molecule has 0 aromatic carbocycles. The number of carbonyl (C=O) groups excluding carboxylic acids is 1. The van der Waals surface area contributed by atoms with Gasteiger partial charge < -0.3 is 4.74 Å². The Bertz CT molecular complexity index is 150. The third kappa shape index (κ3) is 7.32. The van der Waals surface area contributed by atoms with Crippen LogP contribution in [0.3, 0.4) is 0 Å². The Morgan fingerprint density at radius 2 is 2.08 bits per heavy atom. The van der Waals surface area contributed by atoms with E-state index in [0.717, 1.165) is 24.8 Å². The number of hydrogen-bond donors (Lipinski definition) is 0. The van der Waals surface area contributed by atoms with Crippen LogP contribution >= 0.6 is 0 Å². The minimum atomic E-state index is -0.0841. The highest BCUT2D eigenvalue weighted by Gasteiger charge is 1.99. The van der Waals surface area contributed by atoms with Gasteiger partial charge in [-0.2, -0.15) is 0 Å². The fraction of sp³-hybridized carbons (Fsp3) is 0.700. The number of carbonyl (C=O) groups is 1. The normalized spacial score (nSPS) is 9.50. The van der Waals surface area contributed by atoms with Crippen molar-refractivity contribution in [2.75, 3.05) is 6.61 Å². The highest BCUT2D eigenvalue weighted by Crippen LogP contribution is 2.01. The Hall–Kier alpha value is -0.790. The van der Waals surface area contributed by atoms with E-state index < -0.39 is 0 Å². The minimum absolute atomic E-state index is 0.0841. The number of esters is 1. The van der Waals surface area contributed by atoms with Crippen molar-refractivity contribution in [2.45, 2.75) is 39.5 Å². The molecular weight excluding hydrogens is 152 g/mol. The van der Waals surface area contributed by atoms with Crippen LogP contribution in [0.25, 0.3) is 0 Å². The predicted octanol–water partition coefficient (Wildman–Crippen LogP) is 2.69. The van der Waals surface area contributed by atoms with Crippen molar-refractivity contribution >= 4 is 5.97 Å². The Labute approximate surface area is 74.6 Å². The zero-order valence-electron chi connectivity index (χ0n) is 8.06. The summed E-state index contributed by atoms with van der Waals surface area (Å²) in [5.41, 5.74) is 1.14. The first-order chi connectivity index (χ1) is 5.66. The number of ether oxygens (including phenoxy) is 1. The molecule has 0 aliphatic carbocycles. The van der Waals surface area contributed by atoms with E-state index >= 15 is 0 Å². The van der Waals surface area contributed by atoms with Crippen molar-refractivity contribution in [3.63, 3.8) is 0 Å². The van der Waals surface area contributed by atoms with Crippen molar-refractivity contribution in [3.05, 3.63) is 12.2 Å². The summed E-state index contributed by atoms with van der Waals surface area (Å²) in [6.45, 7) is 8.25. The first-order valence-electron chi connectivity index (χ1n) is 4.46. The summed E-state index contributed by atoms with van der Waals surface area (Å²) in [6.07, 6.45) is 3.23. The molecule has 0 aliphatic rings. The maximum Gasteiger partial charge on any atom is 0.305 e. The molecule has 2 heteroatoms. The van der Waals surface area contributed by atoms with Crippen molar-refractivity contribution in [1.82, 2.24) is 0 Å². The Balaban J connectivity index is 3.19. The SMILES string of the molecule is C=C(C)CCCOC(=O)CCC. The molecule has 0 radical (unpaired) electrons. The van der Waals surface area contributed by atoms with Crippen molar-refractivity contribution in [1.29, 1.82) is 0 Å². The average Bonchev–Trinajstić information content (AvgIpc) is 1.98. The lowest BCUT2D eigenvalue weighted by atomic mass is 10.2. The van der Waals surface area contributed by atoms with E-state index in [1.807, 2.05) is 13.8 Å². The molecule has 0 fully saturated rings. The molecule has 0 atom stereocenters. The van der Waals surface area contributed by atoms with E-state index in [2.05, 4.69) is 6.58 Å². The van der Waals surface area contributed by atoms with Crippen LogP contribution in [-0.2, 0) is 9.53 Å². The van der Waals surface area contributed by atoms with E-state index in [4.69, 9.17) is 4.74 Å². The molecule has 0 aliphatic heterocycles. The van der Waals surface area contributed by atoms with Gasteiger partial charge in [0.05, 0.1) is 6.61 Å². The van der Waals surface area contributed by atoms with E-state index in [1.54, 1.807) is 0 Å². The first kappa shape index (κ1) is 11.2. The number of hydrogen-bond acceptors (Lipinski definition) is 2. The van der Waals surface area contributed by atoms with Crippen molar-refractivity contribution in [2.24, 2.45) is 0 Å². The van der Waals surface area contributed by atoms with Gasteiger partial charge in [0.15, 0.2) is 0 Å². The lowest BCUT2D eigenvalue weighted by Crippen LogP contribution is -2.04. The summed E-state index contributed by atoms with van der Waals surface area (Å²) in [6, 6.07) is 0. The Kier molecular flexibility index (Phi) is 6.44. The topological polar surface area (TPSA) is 26.3 Å². The van der Waals surface area contributed by atoms with E-state index in [0.29, 0.717) is 13.0 Å². The first-order valence-corrected chi connectivity index (χ1v) is 4.46. The van der Waals surface area contributed by atoms with E-state index in [-0.39, 0.29) is 5.97 Å². The molecule has 0 bridgehead atoms. The summed E-state index contributed by atoms with van der Waals surface area (Å²) in [5, 5.41) is 0. The summed E-state index contributed by atoms with van der Waals surface area (Å²) in [4.78, 5) is 10.8. The monoisotopic (exact) mass is 170 g/mol. The maximum atomic E-state index is 10.8. The lowest BCUT2D eigenvalue weighted by Gasteiger charge is -2.02. The van der Waals surface area contributed by atoms with Crippen molar-refractivity contribution in [3.8, 4) is 0 Å². The van der Waals surface area contributed by atoms with Gasteiger partial charge in [0.1, 0.15) is 0 Å². The molecule has 12 heavy (non-hydrogen) atoms. The molecule has 0 aromatic rings. The molecule has 70 valence electrons. The van der Waals surface area contributed by atoms with Gasteiger partial charge in [-0.05, 0) is 26.2 Å². The van der Waals surface area contributed by atoms with Crippen LogP contribution in [0.15, 0.2) is 12.2 Å². The highest BCUT2D eigenvalue weighted by molar-refractivity contribution is 5.69. The van der Waals surface area contributed by atoms with Crippen LogP contribution in [0.2, 0.25) is 0 Å². The van der Waals surface area contributed by atoms with E-state index in [1.165, 1.54) is 0 Å². The largest absolute Gasteiger partial charge is 0.466 e. The van der Waals surface area contributed by atoms with Gasteiger partial charge in [-0.1, -0.05) is 12.5 Å². The zero-order chi connectivity index (χ0) is 9.40. The van der Waals surface area contributed by atoms with Crippen LogP contribution in [0.5, 0.6) is 0 Å². The number of allylic oxidation sites excluding steroid dienone is 1. The molecule has 0 aromatic heterocycles. The quantitative estimate of drug-likeness (QED) is 0.348. The van der Waals surface area contributed by atoms with Crippen molar-refractivity contribution < 1.29 is 9.53 Å². The third-order valence-electron chi connectivity index (χ3n) is 1.47. The smallest absolute Gasteiger partial charge is 0.305 e. The van der Waals surface area contributed by atoms with Crippen LogP contribution < -0.4 is 0 Å². The lowest BCUT2D eigenvalue weighted by molar-refractivity contribution is -0.143. The summed E-state index contributed by atoms with van der Waals surface area (Å²) < 4.78 is 4.95. The minimum Gasteiger partial charge on any atom is -0.466 e. The molecule has 0 spiro atoms. The molecule has 0 heterocycles. The predicted molar refractivity (Wildman–Crippen MR) is 49.9 cm³/mol. The van der Waals surface area contributed by atoms with Gasteiger partial charge in [0, 0.05) is 6.42 Å². The molecule has 0 amide bonds. The molecule has 0 saturated heterocycles. The summed E-state index contributed by atoms with van der Waals surface area (Å²) >= 11 is 0. The van der Waals surface area contributed by atoms with E-state index in [9.17, 15) is 4.79 Å². The van der Waals surface area contributed by atoms with Crippen LogP contribution in [0.1, 0.15) is 39.5 Å². The van der Waals surface area contributed by atoms with Crippen LogP contribution in [0.4, 0.5) is 0 Å². The van der Waals surface area contributed by atoms with Gasteiger partial charge in [0.2, 0.25) is 0 Å². The molecule has 2 nitrogen and oxygen atoms in total. The van der Waals surface area contributed by atoms with Gasteiger partial charge in [0.25, 0.3) is 0 Å². The molecule has 0 N–H and O–H groups in total. The molecule has 0 saturated carbocycles. The fourth-order valence-electron chi connectivity index (χ4n) is 0.836. The van der Waals surface area contributed by atoms with Crippen LogP contribution in [-0.4, -0.2) is 12.6 Å². The highest BCUT2D eigenvalue weighted by atomic mass is 16.5. The second-order valence-corrected chi connectivity index (χ2v) is 3.03. The molecule has 0 rings (SSSR count). The summed E-state index contributed by atoms with van der Waals surface area (Å²) in [5.74, 6) is -0.0841. The fourth-order valence-corrected chi connectivity index (χ4v) is 0.836. The van der Waals surface area contributed by atoms with Crippen LogP contribution in [0, 0.1) is 0 Å². The Morgan fingerprint density at radius 1 is 1.42 bits per heavy atom. The summed E-state index contributed by atoms with van der Waals surface area (Å²) in [7, 11) is 0. The second kappa shape index (κ2) is 6.89. The zero-order valence-corrected chi connectivity index (χ0v) is 8.06. The van der Waals surface area contributed by atoms with Gasteiger partial charge in [-0.15, -0.1) is 6.58 Å². The maximum absolute atomic E-state index is 10.8. The van der Waals surface area contributed by atoms with Gasteiger partial charge in [-0.3, -0.25) is 4.79 Å².